The van der Waals surface area contributed by atoms with E-state index in [1.165, 1.54) is 52.0 Å². The molecule has 2 aliphatic rings. The van der Waals surface area contributed by atoms with Crippen LogP contribution in [-0.2, 0) is 0 Å². The summed E-state index contributed by atoms with van der Waals surface area (Å²) in [7, 11) is 0. The van der Waals surface area contributed by atoms with Crippen molar-refractivity contribution in [2.45, 2.75) is 32.2 Å². The van der Waals surface area contributed by atoms with Gasteiger partial charge in [-0.2, -0.15) is 0 Å². The van der Waals surface area contributed by atoms with E-state index in [4.69, 9.17) is 0 Å². The summed E-state index contributed by atoms with van der Waals surface area (Å²) < 4.78 is 0. The van der Waals surface area contributed by atoms with Gasteiger partial charge in [0.05, 0.1) is 0 Å². The maximum atomic E-state index is 4.44. The highest BCUT2D eigenvalue weighted by Crippen LogP contribution is 2.14. The Labute approximate surface area is 93.8 Å². The van der Waals surface area contributed by atoms with Gasteiger partial charge in [0.15, 0.2) is 0 Å². The molecule has 0 aromatic heterocycles. The Morgan fingerprint density at radius 3 is 2.60 bits per heavy atom. The van der Waals surface area contributed by atoms with E-state index in [0.29, 0.717) is 0 Å². The number of hydrogen-bond acceptors (Lipinski definition) is 2. The zero-order valence-corrected chi connectivity index (χ0v) is 9.99. The Morgan fingerprint density at radius 2 is 1.87 bits per heavy atom. The van der Waals surface area contributed by atoms with E-state index in [1.54, 1.807) is 0 Å². The number of likely N-dealkylation sites (N-methyl/N-ethyl adjacent to an activating group) is 1. The Bertz CT molecular complexity index is 178. The van der Waals surface area contributed by atoms with E-state index >= 15 is 0 Å². The molecule has 2 heterocycles. The molecular formula is C12H24N3. The minimum Gasteiger partial charge on any atom is -0.302 e. The van der Waals surface area contributed by atoms with E-state index in [9.17, 15) is 0 Å². The van der Waals surface area contributed by atoms with Gasteiger partial charge < -0.3 is 4.90 Å². The van der Waals surface area contributed by atoms with Crippen molar-refractivity contribution in [2.24, 2.45) is 0 Å². The van der Waals surface area contributed by atoms with Crippen molar-refractivity contribution >= 4 is 0 Å². The third-order valence-corrected chi connectivity index (χ3v) is 3.83. The number of hydrogen-bond donors (Lipinski definition) is 0. The van der Waals surface area contributed by atoms with Crippen LogP contribution in [0.2, 0.25) is 0 Å². The van der Waals surface area contributed by atoms with Gasteiger partial charge in [0, 0.05) is 32.2 Å². The van der Waals surface area contributed by atoms with Crippen molar-refractivity contribution in [1.82, 2.24) is 15.1 Å². The van der Waals surface area contributed by atoms with Crippen LogP contribution in [0.15, 0.2) is 0 Å². The predicted molar refractivity (Wildman–Crippen MR) is 63.2 cm³/mol. The molecule has 15 heavy (non-hydrogen) atoms. The summed E-state index contributed by atoms with van der Waals surface area (Å²) in [5, 5.41) is 4.44. The predicted octanol–water partition coefficient (Wildman–Crippen LogP) is 0.781. The molecule has 3 nitrogen and oxygen atoms in total. The minimum atomic E-state index is 0.833. The Kier molecular flexibility index (Phi) is 4.42. The third-order valence-electron chi connectivity index (χ3n) is 3.83. The third kappa shape index (κ3) is 3.16. The molecule has 2 saturated heterocycles. The summed E-state index contributed by atoms with van der Waals surface area (Å²) in [5.74, 6) is 0. The van der Waals surface area contributed by atoms with Crippen LogP contribution in [0.25, 0.3) is 0 Å². The SMILES string of the molecule is CCN1CCCN(C2CC[N]CC2)CC1. The summed E-state index contributed by atoms with van der Waals surface area (Å²) in [4.78, 5) is 5.29. The summed E-state index contributed by atoms with van der Waals surface area (Å²) in [6, 6.07) is 0.833. The van der Waals surface area contributed by atoms with Gasteiger partial charge >= 0.3 is 0 Å². The molecule has 1 radical (unpaired) electrons. The molecular weight excluding hydrogens is 186 g/mol. The van der Waals surface area contributed by atoms with Crippen molar-refractivity contribution in [3.8, 4) is 0 Å². The zero-order valence-electron chi connectivity index (χ0n) is 9.99. The van der Waals surface area contributed by atoms with Crippen LogP contribution in [0.3, 0.4) is 0 Å². The highest BCUT2D eigenvalue weighted by Gasteiger charge is 2.23. The lowest BCUT2D eigenvalue weighted by Gasteiger charge is -2.33. The summed E-state index contributed by atoms with van der Waals surface area (Å²) in [5.41, 5.74) is 0. The molecule has 0 N–H and O–H groups in total. The first-order chi connectivity index (χ1) is 7.40. The first-order valence-corrected chi connectivity index (χ1v) is 6.50. The largest absolute Gasteiger partial charge is 0.302 e. The van der Waals surface area contributed by atoms with Crippen LogP contribution in [0.4, 0.5) is 0 Å². The van der Waals surface area contributed by atoms with Crippen LogP contribution in [-0.4, -0.2) is 61.7 Å². The van der Waals surface area contributed by atoms with Crippen LogP contribution < -0.4 is 5.32 Å². The van der Waals surface area contributed by atoms with Crippen LogP contribution in [0.1, 0.15) is 26.2 Å². The van der Waals surface area contributed by atoms with Gasteiger partial charge in [-0.05, 0) is 38.9 Å². The summed E-state index contributed by atoms with van der Waals surface area (Å²) in [6.07, 6.45) is 3.94. The quantitative estimate of drug-likeness (QED) is 0.671. The Balaban J connectivity index is 1.81. The topological polar surface area (TPSA) is 20.6 Å². The lowest BCUT2D eigenvalue weighted by atomic mass is 10.0. The van der Waals surface area contributed by atoms with Gasteiger partial charge in [-0.15, -0.1) is 0 Å². The molecule has 0 bridgehead atoms. The monoisotopic (exact) mass is 210 g/mol. The molecule has 0 saturated carbocycles. The number of nitrogens with zero attached hydrogens (tertiary/aromatic N) is 3. The molecule has 0 unspecified atom stereocenters. The normalized spacial score (nSPS) is 27.8. The highest BCUT2D eigenvalue weighted by atomic mass is 15.2. The molecule has 0 amide bonds. The first-order valence-electron chi connectivity index (χ1n) is 6.50. The van der Waals surface area contributed by atoms with Crippen LogP contribution in [0.5, 0.6) is 0 Å². The van der Waals surface area contributed by atoms with Gasteiger partial charge in [0.25, 0.3) is 0 Å². The lowest BCUT2D eigenvalue weighted by molar-refractivity contribution is 0.165. The minimum absolute atomic E-state index is 0.833. The maximum absolute atomic E-state index is 4.44. The average molecular weight is 210 g/mol. The van der Waals surface area contributed by atoms with E-state index in [0.717, 1.165) is 19.1 Å². The van der Waals surface area contributed by atoms with Crippen molar-refractivity contribution in [1.29, 1.82) is 0 Å². The van der Waals surface area contributed by atoms with Crippen LogP contribution in [0, 0.1) is 0 Å². The van der Waals surface area contributed by atoms with Gasteiger partial charge in [-0.3, -0.25) is 4.90 Å². The molecule has 2 aliphatic heterocycles. The smallest absolute Gasteiger partial charge is 0.0148 e. The first kappa shape index (κ1) is 11.4. The molecule has 3 heteroatoms. The van der Waals surface area contributed by atoms with Gasteiger partial charge in [-0.25, -0.2) is 5.32 Å². The molecule has 0 spiro atoms. The van der Waals surface area contributed by atoms with E-state index in [2.05, 4.69) is 22.0 Å². The Morgan fingerprint density at radius 1 is 1.07 bits per heavy atom. The average Bonchev–Trinajstić information content (AvgIpc) is 2.55. The number of rotatable bonds is 2. The second-order valence-electron chi connectivity index (χ2n) is 4.73. The van der Waals surface area contributed by atoms with Crippen molar-refractivity contribution in [3.05, 3.63) is 0 Å². The second-order valence-corrected chi connectivity index (χ2v) is 4.73. The second kappa shape index (κ2) is 5.83. The van der Waals surface area contributed by atoms with Crippen molar-refractivity contribution in [2.75, 3.05) is 45.8 Å². The summed E-state index contributed by atoms with van der Waals surface area (Å²) >= 11 is 0. The van der Waals surface area contributed by atoms with Crippen molar-refractivity contribution < 1.29 is 0 Å². The highest BCUT2D eigenvalue weighted by molar-refractivity contribution is 4.80. The lowest BCUT2D eigenvalue weighted by Crippen LogP contribution is -2.43. The molecule has 0 aliphatic carbocycles. The van der Waals surface area contributed by atoms with E-state index < -0.39 is 0 Å². The van der Waals surface area contributed by atoms with Gasteiger partial charge in [0.2, 0.25) is 0 Å². The van der Waals surface area contributed by atoms with Crippen molar-refractivity contribution in [3.63, 3.8) is 0 Å². The molecule has 0 aromatic rings. The van der Waals surface area contributed by atoms with Crippen LogP contribution >= 0.6 is 0 Å². The van der Waals surface area contributed by atoms with Gasteiger partial charge in [0.1, 0.15) is 0 Å². The van der Waals surface area contributed by atoms with E-state index in [1.807, 2.05) is 0 Å². The maximum Gasteiger partial charge on any atom is 0.0148 e. The number of piperidine rings is 1. The van der Waals surface area contributed by atoms with Gasteiger partial charge in [-0.1, -0.05) is 6.92 Å². The standard InChI is InChI=1S/C12H24N3/c1-2-14-8-3-9-15(11-10-14)12-4-6-13-7-5-12/h12H,2-11H2,1H3. The fourth-order valence-electron chi connectivity index (χ4n) is 2.77. The molecule has 2 fully saturated rings. The molecule has 0 atom stereocenters. The fraction of sp³-hybridized carbons (Fsp3) is 1.00. The summed E-state index contributed by atoms with van der Waals surface area (Å²) in [6.45, 7) is 10.8. The molecule has 0 aromatic carbocycles. The Hall–Kier alpha value is -0.120. The fourth-order valence-corrected chi connectivity index (χ4v) is 2.77. The van der Waals surface area contributed by atoms with E-state index in [-0.39, 0.29) is 0 Å². The molecule has 87 valence electrons. The molecule has 2 rings (SSSR count). The zero-order chi connectivity index (χ0) is 10.5.